The molecule has 0 saturated carbocycles. The Hall–Kier alpha value is -2.72. The number of rotatable bonds is 8. The Morgan fingerprint density at radius 2 is 2.07 bits per heavy atom. The number of halogens is 2. The van der Waals surface area contributed by atoms with Crippen LogP contribution < -0.4 is 0 Å². The lowest BCUT2D eigenvalue weighted by Crippen LogP contribution is -2.37. The van der Waals surface area contributed by atoms with E-state index in [0.717, 1.165) is 10.5 Å². The highest BCUT2D eigenvalue weighted by Crippen LogP contribution is 2.34. The summed E-state index contributed by atoms with van der Waals surface area (Å²) in [6.45, 7) is 1.77. The Morgan fingerprint density at radius 3 is 2.68 bits per heavy atom. The number of aliphatic hydroxyl groups is 1. The second-order valence-electron chi connectivity index (χ2n) is 6.64. The van der Waals surface area contributed by atoms with Crippen molar-refractivity contribution in [1.29, 1.82) is 0 Å². The van der Waals surface area contributed by atoms with Gasteiger partial charge in [0.25, 0.3) is 5.91 Å². The Bertz CT molecular complexity index is 793. The van der Waals surface area contributed by atoms with Gasteiger partial charge in [0.2, 0.25) is 0 Å². The van der Waals surface area contributed by atoms with Crippen molar-refractivity contribution in [3.8, 4) is 11.8 Å². The lowest BCUT2D eigenvalue weighted by molar-refractivity contribution is -0.148. The number of amides is 1. The normalized spacial score (nSPS) is 19.5. The van der Waals surface area contributed by atoms with Crippen molar-refractivity contribution < 1.29 is 28.6 Å². The van der Waals surface area contributed by atoms with Gasteiger partial charge in [-0.15, -0.1) is 11.8 Å². The second kappa shape index (κ2) is 9.47. The van der Waals surface area contributed by atoms with Crippen molar-refractivity contribution in [2.45, 2.75) is 50.7 Å². The highest BCUT2D eigenvalue weighted by molar-refractivity contribution is 5.87. The summed E-state index contributed by atoms with van der Waals surface area (Å²) < 4.78 is 27.8. The number of carbonyl (C=O) groups is 2. The number of carboxylic acids is 1. The lowest BCUT2D eigenvalue weighted by Gasteiger charge is -2.22. The summed E-state index contributed by atoms with van der Waals surface area (Å²) in [4.78, 5) is 24.0. The van der Waals surface area contributed by atoms with Crippen molar-refractivity contribution in [1.82, 2.24) is 4.90 Å². The lowest BCUT2D eigenvalue weighted by atomic mass is 10.1. The van der Waals surface area contributed by atoms with Crippen LogP contribution in [0.2, 0.25) is 0 Å². The fourth-order valence-corrected chi connectivity index (χ4v) is 3.02. The number of alkyl halides is 2. The van der Waals surface area contributed by atoms with Gasteiger partial charge in [0, 0.05) is 19.4 Å². The smallest absolute Gasteiger partial charge is 0.335 e. The first kappa shape index (κ1) is 21.6. The van der Waals surface area contributed by atoms with Crippen LogP contribution in [0.5, 0.6) is 0 Å². The molecule has 0 bridgehead atoms. The predicted octanol–water partition coefficient (Wildman–Crippen LogP) is 2.88. The molecule has 1 saturated heterocycles. The fourth-order valence-electron chi connectivity index (χ4n) is 3.02. The number of nitrogens with zero attached hydrogens (tertiary/aromatic N) is 1. The SMILES string of the molecule is CC#CCCC(O)C=CC1CC(F)(F)C(=O)N1CCc1ccc(C(=O)O)cc1. The van der Waals surface area contributed by atoms with Crippen molar-refractivity contribution in [2.24, 2.45) is 0 Å². The van der Waals surface area contributed by atoms with Gasteiger partial charge in [-0.25, -0.2) is 4.79 Å². The molecule has 7 heteroatoms. The molecule has 2 N–H and O–H groups in total. The molecule has 1 heterocycles. The summed E-state index contributed by atoms with van der Waals surface area (Å²) in [6.07, 6.45) is 2.67. The van der Waals surface area contributed by atoms with Gasteiger partial charge < -0.3 is 15.1 Å². The highest BCUT2D eigenvalue weighted by atomic mass is 19.3. The second-order valence-corrected chi connectivity index (χ2v) is 6.64. The molecule has 2 rings (SSSR count). The molecule has 1 fully saturated rings. The van der Waals surface area contributed by atoms with Gasteiger partial charge in [-0.3, -0.25) is 4.79 Å². The third-order valence-corrected chi connectivity index (χ3v) is 4.58. The summed E-state index contributed by atoms with van der Waals surface area (Å²) in [5.41, 5.74) is 0.879. The van der Waals surface area contributed by atoms with E-state index in [-0.39, 0.29) is 12.1 Å². The van der Waals surface area contributed by atoms with Crippen LogP contribution in [-0.2, 0) is 11.2 Å². The minimum absolute atomic E-state index is 0.0766. The Labute approximate surface area is 162 Å². The molecule has 1 aliphatic heterocycles. The Balaban J connectivity index is 2.02. The van der Waals surface area contributed by atoms with E-state index in [4.69, 9.17) is 5.11 Å². The number of hydrogen-bond donors (Lipinski definition) is 2. The van der Waals surface area contributed by atoms with Crippen LogP contribution in [0.1, 0.15) is 42.1 Å². The molecule has 28 heavy (non-hydrogen) atoms. The largest absolute Gasteiger partial charge is 0.478 e. The van der Waals surface area contributed by atoms with E-state index in [1.807, 2.05) is 0 Å². The maximum Gasteiger partial charge on any atom is 0.335 e. The van der Waals surface area contributed by atoms with E-state index in [2.05, 4.69) is 11.8 Å². The van der Waals surface area contributed by atoms with Gasteiger partial charge in [0.15, 0.2) is 0 Å². The summed E-state index contributed by atoms with van der Waals surface area (Å²) in [5, 5.41) is 18.8. The minimum Gasteiger partial charge on any atom is -0.478 e. The molecule has 0 radical (unpaired) electrons. The fraction of sp³-hybridized carbons (Fsp3) is 0.429. The molecular weight excluding hydrogens is 368 g/mol. The third kappa shape index (κ3) is 5.64. The van der Waals surface area contributed by atoms with Crippen LogP contribution in [0, 0.1) is 11.8 Å². The molecule has 1 amide bonds. The summed E-state index contributed by atoms with van der Waals surface area (Å²) in [6, 6.07) is 5.28. The third-order valence-electron chi connectivity index (χ3n) is 4.58. The monoisotopic (exact) mass is 391 g/mol. The van der Waals surface area contributed by atoms with Crippen molar-refractivity contribution in [3.63, 3.8) is 0 Å². The molecule has 150 valence electrons. The van der Waals surface area contributed by atoms with Gasteiger partial charge in [0.1, 0.15) is 0 Å². The number of likely N-dealkylation sites (tertiary alicyclic amines) is 1. The Kier molecular flexibility index (Phi) is 7.30. The zero-order valence-corrected chi connectivity index (χ0v) is 15.6. The van der Waals surface area contributed by atoms with E-state index in [0.29, 0.717) is 19.3 Å². The van der Waals surface area contributed by atoms with Gasteiger partial charge >= 0.3 is 11.9 Å². The molecule has 5 nitrogen and oxygen atoms in total. The summed E-state index contributed by atoms with van der Waals surface area (Å²) in [7, 11) is 0. The van der Waals surface area contributed by atoms with Gasteiger partial charge in [-0.05, 0) is 37.5 Å². The topological polar surface area (TPSA) is 77.8 Å². The van der Waals surface area contributed by atoms with Crippen molar-refractivity contribution >= 4 is 11.9 Å². The highest BCUT2D eigenvalue weighted by Gasteiger charge is 2.52. The van der Waals surface area contributed by atoms with Crippen LogP contribution in [0.15, 0.2) is 36.4 Å². The molecule has 2 atom stereocenters. The van der Waals surface area contributed by atoms with E-state index < -0.39 is 36.4 Å². The van der Waals surface area contributed by atoms with Crippen LogP contribution in [0.25, 0.3) is 0 Å². The molecule has 1 aromatic carbocycles. The maximum absolute atomic E-state index is 13.9. The van der Waals surface area contributed by atoms with Gasteiger partial charge in [-0.1, -0.05) is 24.3 Å². The van der Waals surface area contributed by atoms with Crippen LogP contribution in [0.4, 0.5) is 8.78 Å². The number of aromatic carboxylic acids is 1. The number of aliphatic hydroxyl groups excluding tert-OH is 1. The maximum atomic E-state index is 13.9. The zero-order valence-electron chi connectivity index (χ0n) is 15.6. The summed E-state index contributed by atoms with van der Waals surface area (Å²) in [5.74, 6) is -0.166. The van der Waals surface area contributed by atoms with Gasteiger partial charge in [0.05, 0.1) is 17.7 Å². The molecule has 1 aliphatic rings. The molecule has 0 aliphatic carbocycles. The molecule has 0 spiro atoms. The quantitative estimate of drug-likeness (QED) is 0.528. The molecule has 0 aromatic heterocycles. The minimum atomic E-state index is -3.43. The van der Waals surface area contributed by atoms with Crippen LogP contribution in [-0.4, -0.2) is 51.6 Å². The van der Waals surface area contributed by atoms with E-state index in [1.165, 1.54) is 24.3 Å². The number of carbonyl (C=O) groups excluding carboxylic acids is 1. The molecular formula is C21H23F2NO4. The summed E-state index contributed by atoms with van der Waals surface area (Å²) >= 11 is 0. The number of carboxylic acid groups (broad SMARTS) is 1. The zero-order chi connectivity index (χ0) is 20.7. The van der Waals surface area contributed by atoms with Crippen LogP contribution >= 0.6 is 0 Å². The standard InChI is InChI=1S/C21H23F2NO4/c1-2-3-4-5-18(25)11-10-17-14-21(22,23)20(28)24(17)13-12-15-6-8-16(9-7-15)19(26)27/h6-11,17-18,25H,4-5,12-14H2,1H3,(H,26,27). The Morgan fingerprint density at radius 1 is 1.39 bits per heavy atom. The molecule has 2 unspecified atom stereocenters. The van der Waals surface area contributed by atoms with Crippen molar-refractivity contribution in [2.75, 3.05) is 6.54 Å². The first-order valence-electron chi connectivity index (χ1n) is 9.01. The number of hydrogen-bond acceptors (Lipinski definition) is 3. The molecule has 1 aromatic rings. The van der Waals surface area contributed by atoms with E-state index in [9.17, 15) is 23.5 Å². The van der Waals surface area contributed by atoms with Crippen molar-refractivity contribution in [3.05, 3.63) is 47.5 Å². The van der Waals surface area contributed by atoms with Crippen LogP contribution in [0.3, 0.4) is 0 Å². The predicted molar refractivity (Wildman–Crippen MR) is 100 cm³/mol. The average molecular weight is 391 g/mol. The first-order valence-corrected chi connectivity index (χ1v) is 9.01. The number of benzene rings is 1. The first-order chi connectivity index (χ1) is 13.2. The van der Waals surface area contributed by atoms with Gasteiger partial charge in [-0.2, -0.15) is 8.78 Å². The van der Waals surface area contributed by atoms with E-state index >= 15 is 0 Å². The average Bonchev–Trinajstić information content (AvgIpc) is 2.87. The van der Waals surface area contributed by atoms with E-state index in [1.54, 1.807) is 19.1 Å².